The fraction of sp³-hybridized carbons (Fsp3) is 0.615. The lowest BCUT2D eigenvalue weighted by molar-refractivity contribution is 0.180. The Kier molecular flexibility index (Phi) is 4.20. The highest BCUT2D eigenvalue weighted by Gasteiger charge is 2.09. The highest BCUT2D eigenvalue weighted by molar-refractivity contribution is 5.43. The first-order valence-electron chi connectivity index (χ1n) is 6.34. The standard InChI is InChI=1S/C13H21N3O/c1-11-12(14)5-6-13(15-11)17-10-9-16-7-3-2-4-8-16/h5-6H,2-4,7-10,14H2,1H3. The minimum atomic E-state index is 0.675. The number of hydrogen-bond acceptors (Lipinski definition) is 4. The summed E-state index contributed by atoms with van der Waals surface area (Å²) in [5, 5.41) is 0. The van der Waals surface area contributed by atoms with Crippen molar-refractivity contribution in [2.45, 2.75) is 26.2 Å². The number of pyridine rings is 1. The molecule has 0 aliphatic carbocycles. The summed E-state index contributed by atoms with van der Waals surface area (Å²) in [7, 11) is 0. The maximum atomic E-state index is 5.71. The van der Waals surface area contributed by atoms with Crippen molar-refractivity contribution in [3.8, 4) is 5.88 Å². The van der Waals surface area contributed by atoms with Gasteiger partial charge < -0.3 is 10.5 Å². The van der Waals surface area contributed by atoms with Gasteiger partial charge in [0.25, 0.3) is 0 Å². The highest BCUT2D eigenvalue weighted by atomic mass is 16.5. The van der Waals surface area contributed by atoms with Crippen LogP contribution in [-0.2, 0) is 0 Å². The van der Waals surface area contributed by atoms with Gasteiger partial charge in [-0.1, -0.05) is 6.42 Å². The quantitative estimate of drug-likeness (QED) is 0.865. The molecule has 1 aromatic rings. The maximum absolute atomic E-state index is 5.71. The van der Waals surface area contributed by atoms with E-state index in [-0.39, 0.29) is 0 Å². The van der Waals surface area contributed by atoms with Crippen molar-refractivity contribution in [3.63, 3.8) is 0 Å². The van der Waals surface area contributed by atoms with Crippen LogP contribution in [0.15, 0.2) is 12.1 Å². The third kappa shape index (κ3) is 3.60. The summed E-state index contributed by atoms with van der Waals surface area (Å²) in [4.78, 5) is 6.74. The SMILES string of the molecule is Cc1nc(OCCN2CCCCC2)ccc1N. The van der Waals surface area contributed by atoms with E-state index < -0.39 is 0 Å². The Labute approximate surface area is 103 Å². The smallest absolute Gasteiger partial charge is 0.213 e. The van der Waals surface area contributed by atoms with E-state index in [4.69, 9.17) is 10.5 Å². The summed E-state index contributed by atoms with van der Waals surface area (Å²) in [6.07, 6.45) is 4.01. The Morgan fingerprint density at radius 1 is 1.29 bits per heavy atom. The topological polar surface area (TPSA) is 51.4 Å². The largest absolute Gasteiger partial charge is 0.476 e. The summed E-state index contributed by atoms with van der Waals surface area (Å²) in [6, 6.07) is 3.68. The molecule has 0 aromatic carbocycles. The van der Waals surface area contributed by atoms with Crippen LogP contribution in [0.25, 0.3) is 0 Å². The number of nitrogens with two attached hydrogens (primary N) is 1. The minimum absolute atomic E-state index is 0.675. The first-order chi connectivity index (χ1) is 8.25. The van der Waals surface area contributed by atoms with E-state index in [1.165, 1.54) is 32.4 Å². The first kappa shape index (κ1) is 12.2. The van der Waals surface area contributed by atoms with Gasteiger partial charge in [0.1, 0.15) is 6.61 Å². The number of ether oxygens (including phenoxy) is 1. The van der Waals surface area contributed by atoms with Crippen molar-refractivity contribution in [1.82, 2.24) is 9.88 Å². The highest BCUT2D eigenvalue weighted by Crippen LogP contribution is 2.14. The first-order valence-corrected chi connectivity index (χ1v) is 6.34. The molecule has 1 aliphatic heterocycles. The van der Waals surface area contributed by atoms with Crippen molar-refractivity contribution in [2.24, 2.45) is 0 Å². The molecule has 4 nitrogen and oxygen atoms in total. The maximum Gasteiger partial charge on any atom is 0.213 e. The normalized spacial score (nSPS) is 17.0. The Morgan fingerprint density at radius 2 is 2.06 bits per heavy atom. The minimum Gasteiger partial charge on any atom is -0.476 e. The number of aromatic nitrogens is 1. The van der Waals surface area contributed by atoms with Gasteiger partial charge in [-0.2, -0.15) is 0 Å². The van der Waals surface area contributed by atoms with Crippen molar-refractivity contribution >= 4 is 5.69 Å². The third-order valence-electron chi connectivity index (χ3n) is 3.21. The van der Waals surface area contributed by atoms with Gasteiger partial charge >= 0.3 is 0 Å². The molecule has 0 radical (unpaired) electrons. The van der Waals surface area contributed by atoms with E-state index in [0.717, 1.165) is 12.2 Å². The fourth-order valence-corrected chi connectivity index (χ4v) is 2.09. The summed E-state index contributed by atoms with van der Waals surface area (Å²) in [5.74, 6) is 0.675. The zero-order valence-electron chi connectivity index (χ0n) is 10.5. The van der Waals surface area contributed by atoms with Crippen LogP contribution in [0, 0.1) is 6.92 Å². The molecule has 0 bridgehead atoms. The van der Waals surface area contributed by atoms with Gasteiger partial charge in [-0.15, -0.1) is 0 Å². The van der Waals surface area contributed by atoms with E-state index in [1.807, 2.05) is 19.1 Å². The molecule has 2 heterocycles. The van der Waals surface area contributed by atoms with Gasteiger partial charge in [-0.05, 0) is 38.9 Å². The molecule has 0 atom stereocenters. The average molecular weight is 235 g/mol. The van der Waals surface area contributed by atoms with Crippen molar-refractivity contribution in [2.75, 3.05) is 32.0 Å². The van der Waals surface area contributed by atoms with E-state index in [1.54, 1.807) is 0 Å². The molecule has 0 amide bonds. The molecule has 1 fully saturated rings. The second-order valence-corrected chi connectivity index (χ2v) is 4.57. The molecule has 1 aliphatic rings. The molecule has 0 unspecified atom stereocenters. The van der Waals surface area contributed by atoms with E-state index in [0.29, 0.717) is 18.2 Å². The van der Waals surface area contributed by atoms with Crippen LogP contribution in [-0.4, -0.2) is 36.1 Å². The number of likely N-dealkylation sites (tertiary alicyclic amines) is 1. The molecular formula is C13H21N3O. The van der Waals surface area contributed by atoms with Crippen molar-refractivity contribution in [3.05, 3.63) is 17.8 Å². The average Bonchev–Trinajstić information content (AvgIpc) is 2.35. The zero-order chi connectivity index (χ0) is 12.1. The lowest BCUT2D eigenvalue weighted by Crippen LogP contribution is -2.33. The summed E-state index contributed by atoms with van der Waals surface area (Å²) >= 11 is 0. The van der Waals surface area contributed by atoms with Gasteiger partial charge in [0, 0.05) is 12.6 Å². The second kappa shape index (κ2) is 5.87. The van der Waals surface area contributed by atoms with Gasteiger partial charge in [0.2, 0.25) is 5.88 Å². The van der Waals surface area contributed by atoms with Crippen molar-refractivity contribution < 1.29 is 4.74 Å². The van der Waals surface area contributed by atoms with Crippen LogP contribution >= 0.6 is 0 Å². The lowest BCUT2D eigenvalue weighted by atomic mass is 10.1. The number of hydrogen-bond donors (Lipinski definition) is 1. The van der Waals surface area contributed by atoms with Gasteiger partial charge in [-0.25, -0.2) is 4.98 Å². The van der Waals surface area contributed by atoms with Crippen LogP contribution in [0.5, 0.6) is 5.88 Å². The van der Waals surface area contributed by atoms with Crippen LogP contribution in [0.4, 0.5) is 5.69 Å². The number of anilines is 1. The monoisotopic (exact) mass is 235 g/mol. The Bertz CT molecular complexity index is 362. The van der Waals surface area contributed by atoms with E-state index in [9.17, 15) is 0 Å². The van der Waals surface area contributed by atoms with Crippen molar-refractivity contribution in [1.29, 1.82) is 0 Å². The van der Waals surface area contributed by atoms with Crippen LogP contribution in [0.3, 0.4) is 0 Å². The Morgan fingerprint density at radius 3 is 2.76 bits per heavy atom. The number of piperidine rings is 1. The predicted octanol–water partition coefficient (Wildman–Crippen LogP) is 1.84. The Balaban J connectivity index is 1.75. The summed E-state index contributed by atoms with van der Waals surface area (Å²) in [5.41, 5.74) is 7.26. The molecular weight excluding hydrogens is 214 g/mol. The van der Waals surface area contributed by atoms with Crippen LogP contribution in [0.2, 0.25) is 0 Å². The zero-order valence-corrected chi connectivity index (χ0v) is 10.5. The predicted molar refractivity (Wildman–Crippen MR) is 69.2 cm³/mol. The molecule has 1 saturated heterocycles. The number of nitrogen functional groups attached to an aromatic ring is 1. The number of aryl methyl sites for hydroxylation is 1. The van der Waals surface area contributed by atoms with Crippen LogP contribution < -0.4 is 10.5 Å². The summed E-state index contributed by atoms with van der Waals surface area (Å²) < 4.78 is 5.64. The molecule has 2 rings (SSSR count). The van der Waals surface area contributed by atoms with Gasteiger partial charge in [-0.3, -0.25) is 4.90 Å². The second-order valence-electron chi connectivity index (χ2n) is 4.57. The molecule has 1 aromatic heterocycles. The lowest BCUT2D eigenvalue weighted by Gasteiger charge is -2.26. The Hall–Kier alpha value is -1.29. The van der Waals surface area contributed by atoms with Gasteiger partial charge in [0.15, 0.2) is 0 Å². The molecule has 0 saturated carbocycles. The molecule has 17 heavy (non-hydrogen) atoms. The van der Waals surface area contributed by atoms with Gasteiger partial charge in [0.05, 0.1) is 11.4 Å². The number of rotatable bonds is 4. The fourth-order valence-electron chi connectivity index (χ4n) is 2.09. The molecule has 94 valence electrons. The van der Waals surface area contributed by atoms with E-state index in [2.05, 4.69) is 9.88 Å². The number of nitrogens with zero attached hydrogens (tertiary/aromatic N) is 2. The molecule has 0 spiro atoms. The van der Waals surface area contributed by atoms with Crippen LogP contribution in [0.1, 0.15) is 25.0 Å². The summed E-state index contributed by atoms with van der Waals surface area (Å²) in [6.45, 7) is 6.00. The third-order valence-corrected chi connectivity index (χ3v) is 3.21. The molecule has 2 N–H and O–H groups in total. The molecule has 4 heteroatoms. The van der Waals surface area contributed by atoms with E-state index >= 15 is 0 Å².